The molecule has 0 saturated heterocycles. The fraction of sp³-hybridized carbons (Fsp3) is 0.722. The zero-order valence-corrected chi connectivity index (χ0v) is 19.9. The molecule has 0 fully saturated rings. The van der Waals surface area contributed by atoms with Crippen molar-refractivity contribution in [1.82, 2.24) is 20.9 Å². The molecule has 0 aliphatic carbocycles. The minimum absolute atomic E-state index is 0. The van der Waals surface area contributed by atoms with Crippen LogP contribution in [-0.4, -0.2) is 42.3 Å². The van der Waals surface area contributed by atoms with Crippen molar-refractivity contribution in [2.75, 3.05) is 13.6 Å². The number of hydrogen-bond acceptors (Lipinski definition) is 5. The highest BCUT2D eigenvalue weighted by atomic mass is 127. The predicted molar refractivity (Wildman–Crippen MR) is 118 cm³/mol. The fourth-order valence-corrected chi connectivity index (χ4v) is 2.11. The highest BCUT2D eigenvalue weighted by molar-refractivity contribution is 14.0. The van der Waals surface area contributed by atoms with E-state index in [9.17, 15) is 4.79 Å². The number of ether oxygens (including phenoxy) is 1. The molecule has 1 aromatic heterocycles. The lowest BCUT2D eigenvalue weighted by Crippen LogP contribution is -2.50. The molecule has 1 rings (SSSR count). The zero-order valence-electron chi connectivity index (χ0n) is 17.6. The molecule has 1 amide bonds. The zero-order chi connectivity index (χ0) is 19.9. The summed E-state index contributed by atoms with van der Waals surface area (Å²) in [4.78, 5) is 20.5. The Morgan fingerprint density at radius 1 is 1.26 bits per heavy atom. The van der Waals surface area contributed by atoms with Crippen LogP contribution in [0.1, 0.15) is 52.0 Å². The van der Waals surface area contributed by atoms with Gasteiger partial charge in [0, 0.05) is 13.6 Å². The minimum atomic E-state index is -0.525. The van der Waals surface area contributed by atoms with E-state index in [2.05, 4.69) is 25.9 Å². The van der Waals surface area contributed by atoms with E-state index in [0.717, 1.165) is 11.5 Å². The fourth-order valence-electron chi connectivity index (χ4n) is 2.11. The van der Waals surface area contributed by atoms with Crippen molar-refractivity contribution in [2.24, 2.45) is 10.9 Å². The van der Waals surface area contributed by atoms with Gasteiger partial charge in [-0.1, -0.05) is 13.8 Å². The van der Waals surface area contributed by atoms with E-state index in [0.29, 0.717) is 24.9 Å². The highest BCUT2D eigenvalue weighted by Crippen LogP contribution is 2.09. The number of guanidine groups is 1. The molecule has 0 bridgehead atoms. The molecule has 1 unspecified atom stereocenters. The van der Waals surface area contributed by atoms with E-state index < -0.39 is 11.7 Å². The van der Waals surface area contributed by atoms with Crippen molar-refractivity contribution >= 4 is 36.0 Å². The summed E-state index contributed by atoms with van der Waals surface area (Å²) in [6, 6.07) is -0.102. The lowest BCUT2D eigenvalue weighted by Gasteiger charge is -2.26. The number of halogens is 1. The lowest BCUT2D eigenvalue weighted by molar-refractivity contribution is 0.0491. The van der Waals surface area contributed by atoms with Crippen molar-refractivity contribution in [3.05, 3.63) is 17.3 Å². The second-order valence-electron chi connectivity index (χ2n) is 7.55. The summed E-state index contributed by atoms with van der Waals surface area (Å²) in [6.45, 7) is 14.3. The molecule has 1 atom stereocenters. The molecule has 1 aromatic rings. The van der Waals surface area contributed by atoms with Crippen LogP contribution in [-0.2, 0) is 11.3 Å². The van der Waals surface area contributed by atoms with Crippen molar-refractivity contribution in [2.45, 2.75) is 66.7 Å². The number of aliphatic imine (C=N–C) groups is 1. The lowest BCUT2D eigenvalue weighted by atomic mass is 10.0. The summed E-state index contributed by atoms with van der Waals surface area (Å²) in [6.07, 6.45) is -0.424. The summed E-state index contributed by atoms with van der Waals surface area (Å²) in [5.41, 5.74) is 0.356. The number of carbonyl (C=O) groups excluding carboxylic acids is 1. The molecule has 27 heavy (non-hydrogen) atoms. The van der Waals surface area contributed by atoms with E-state index in [-0.39, 0.29) is 35.9 Å². The van der Waals surface area contributed by atoms with Crippen LogP contribution in [0.4, 0.5) is 4.79 Å². The Kier molecular flexibility index (Phi) is 10.7. The molecule has 156 valence electrons. The molecule has 8 nitrogen and oxygen atoms in total. The number of aromatic nitrogens is 1. The quantitative estimate of drug-likeness (QED) is 0.319. The van der Waals surface area contributed by atoms with Gasteiger partial charge in [0.2, 0.25) is 5.89 Å². The molecule has 0 aliphatic heterocycles. The van der Waals surface area contributed by atoms with Gasteiger partial charge in [-0.3, -0.25) is 4.99 Å². The first-order chi connectivity index (χ1) is 12.0. The number of oxazole rings is 1. The monoisotopic (exact) mass is 495 g/mol. The van der Waals surface area contributed by atoms with Crippen molar-refractivity contribution in [3.63, 3.8) is 0 Å². The average Bonchev–Trinajstić information content (AvgIpc) is 2.82. The number of nitrogens with one attached hydrogen (secondary N) is 3. The molecule has 1 heterocycles. The summed E-state index contributed by atoms with van der Waals surface area (Å²) in [5, 5.41) is 9.26. The summed E-state index contributed by atoms with van der Waals surface area (Å²) < 4.78 is 10.9. The summed E-state index contributed by atoms with van der Waals surface area (Å²) in [5.74, 6) is 2.25. The molecule has 0 spiro atoms. The first kappa shape index (κ1) is 25.5. The average molecular weight is 495 g/mol. The van der Waals surface area contributed by atoms with Gasteiger partial charge in [-0.15, -0.1) is 24.0 Å². The molecule has 0 aromatic carbocycles. The smallest absolute Gasteiger partial charge is 0.407 e. The Bertz CT molecular complexity index is 604. The first-order valence-corrected chi connectivity index (χ1v) is 8.88. The molecule has 0 saturated carbocycles. The van der Waals surface area contributed by atoms with E-state index in [1.807, 2.05) is 48.5 Å². The van der Waals surface area contributed by atoms with Gasteiger partial charge in [-0.2, -0.15) is 0 Å². The van der Waals surface area contributed by atoms with Gasteiger partial charge in [0.25, 0.3) is 0 Å². The van der Waals surface area contributed by atoms with Crippen LogP contribution in [0.15, 0.2) is 9.41 Å². The van der Waals surface area contributed by atoms with E-state index in [1.54, 1.807) is 7.05 Å². The molecule has 0 aliphatic rings. The van der Waals surface area contributed by atoms with Crippen LogP contribution < -0.4 is 16.0 Å². The van der Waals surface area contributed by atoms with Gasteiger partial charge < -0.3 is 25.1 Å². The molecular weight excluding hydrogens is 461 g/mol. The topological polar surface area (TPSA) is 101 Å². The summed E-state index contributed by atoms with van der Waals surface area (Å²) >= 11 is 0. The highest BCUT2D eigenvalue weighted by Gasteiger charge is 2.21. The van der Waals surface area contributed by atoms with Crippen LogP contribution >= 0.6 is 24.0 Å². The van der Waals surface area contributed by atoms with Gasteiger partial charge in [0.05, 0.1) is 18.3 Å². The summed E-state index contributed by atoms with van der Waals surface area (Å²) in [7, 11) is 1.69. The third kappa shape index (κ3) is 9.83. The largest absolute Gasteiger partial charge is 0.444 e. The second-order valence-corrected chi connectivity index (χ2v) is 7.55. The normalized spacial score (nSPS) is 13.0. The van der Waals surface area contributed by atoms with Crippen LogP contribution in [0.5, 0.6) is 0 Å². The van der Waals surface area contributed by atoms with E-state index in [4.69, 9.17) is 9.15 Å². The van der Waals surface area contributed by atoms with Crippen LogP contribution in [0, 0.1) is 19.8 Å². The van der Waals surface area contributed by atoms with Crippen LogP contribution in [0.3, 0.4) is 0 Å². The number of amides is 1. The minimum Gasteiger partial charge on any atom is -0.444 e. The van der Waals surface area contributed by atoms with Crippen molar-refractivity contribution in [3.8, 4) is 0 Å². The van der Waals surface area contributed by atoms with Crippen LogP contribution in [0.25, 0.3) is 0 Å². The molecule has 9 heteroatoms. The predicted octanol–water partition coefficient (Wildman–Crippen LogP) is 3.12. The maximum Gasteiger partial charge on any atom is 0.407 e. The number of alkyl carbamates (subject to hydrolysis) is 1. The van der Waals surface area contributed by atoms with Gasteiger partial charge in [-0.25, -0.2) is 9.78 Å². The first-order valence-electron chi connectivity index (χ1n) is 8.88. The molecular formula is C18H34IN5O3. The van der Waals surface area contributed by atoms with E-state index >= 15 is 0 Å². The van der Waals surface area contributed by atoms with Crippen molar-refractivity contribution in [1.29, 1.82) is 0 Å². The number of nitrogens with zero attached hydrogens (tertiary/aromatic N) is 2. The third-order valence-corrected chi connectivity index (χ3v) is 3.70. The third-order valence-electron chi connectivity index (χ3n) is 3.70. The second kappa shape index (κ2) is 11.4. The molecule has 0 radical (unpaired) electrons. The Morgan fingerprint density at radius 2 is 1.89 bits per heavy atom. The Morgan fingerprint density at radius 3 is 2.33 bits per heavy atom. The Balaban J connectivity index is 0.00000676. The number of hydrogen-bond donors (Lipinski definition) is 3. The Hall–Kier alpha value is -1.52. The van der Waals surface area contributed by atoms with Gasteiger partial charge >= 0.3 is 6.09 Å². The Labute approximate surface area is 179 Å². The van der Waals surface area contributed by atoms with Crippen LogP contribution in [0.2, 0.25) is 0 Å². The SMILES string of the molecule is CN=C(NCc1nc(C)c(C)o1)NCC(NC(=O)OC(C)(C)C)C(C)C.I. The standard InChI is InChI=1S/C18H33N5O3.HI/c1-11(2)14(23-17(24)26-18(5,6)7)9-20-16(19-8)21-10-15-22-12(3)13(4)25-15;/h11,14H,9-10H2,1-8H3,(H,23,24)(H2,19,20,21);1H. The molecule has 3 N–H and O–H groups in total. The van der Waals surface area contributed by atoms with Gasteiger partial charge in [0.1, 0.15) is 11.4 Å². The maximum absolute atomic E-state index is 12.0. The van der Waals surface area contributed by atoms with Crippen molar-refractivity contribution < 1.29 is 13.9 Å². The number of aryl methyl sites for hydroxylation is 2. The van der Waals surface area contributed by atoms with Gasteiger partial charge in [0.15, 0.2) is 5.96 Å². The maximum atomic E-state index is 12.0. The van der Waals surface area contributed by atoms with Gasteiger partial charge in [-0.05, 0) is 40.5 Å². The van der Waals surface area contributed by atoms with E-state index in [1.165, 1.54) is 0 Å². The number of rotatable bonds is 6. The number of carbonyl (C=O) groups is 1.